The van der Waals surface area contributed by atoms with E-state index in [1.165, 1.54) is 25.7 Å². The van der Waals surface area contributed by atoms with Crippen molar-refractivity contribution in [2.75, 3.05) is 19.8 Å². The summed E-state index contributed by atoms with van der Waals surface area (Å²) in [6, 6.07) is 0. The summed E-state index contributed by atoms with van der Waals surface area (Å²) in [5, 5.41) is 10.2. The fourth-order valence-corrected chi connectivity index (χ4v) is 2.02. The molecule has 0 heterocycles. The lowest BCUT2D eigenvalue weighted by Crippen LogP contribution is -2.44. The number of nitrogens with two attached hydrogens (primary N) is 1. The highest BCUT2D eigenvalue weighted by atomic mass is 16.5. The van der Waals surface area contributed by atoms with Crippen LogP contribution in [0.3, 0.4) is 0 Å². The molecule has 1 aliphatic rings. The van der Waals surface area contributed by atoms with Gasteiger partial charge >= 0.3 is 0 Å². The van der Waals surface area contributed by atoms with Crippen LogP contribution in [-0.2, 0) is 4.74 Å². The van der Waals surface area contributed by atoms with Crippen LogP contribution in [-0.4, -0.2) is 30.5 Å². The van der Waals surface area contributed by atoms with Crippen molar-refractivity contribution in [2.24, 2.45) is 11.7 Å². The molecule has 0 saturated heterocycles. The Morgan fingerprint density at radius 2 is 1.94 bits per heavy atom. The van der Waals surface area contributed by atoms with Crippen LogP contribution in [0.15, 0.2) is 0 Å². The molecule has 0 aromatic carbocycles. The molecule has 1 rings (SSSR count). The molecule has 0 bridgehead atoms. The second-order valence-corrected chi connectivity index (χ2v) is 5.05. The Morgan fingerprint density at radius 1 is 1.25 bits per heavy atom. The van der Waals surface area contributed by atoms with Crippen LogP contribution in [0.5, 0.6) is 0 Å². The third-order valence-electron chi connectivity index (χ3n) is 3.43. The van der Waals surface area contributed by atoms with Gasteiger partial charge in [0.1, 0.15) is 5.60 Å². The van der Waals surface area contributed by atoms with Crippen LogP contribution in [0, 0.1) is 5.92 Å². The van der Waals surface area contributed by atoms with Crippen LogP contribution in [0.1, 0.15) is 51.9 Å². The summed E-state index contributed by atoms with van der Waals surface area (Å²) in [6.45, 7) is 3.72. The van der Waals surface area contributed by atoms with Gasteiger partial charge in [-0.05, 0) is 25.2 Å². The van der Waals surface area contributed by atoms with E-state index in [1.807, 2.05) is 0 Å². The minimum atomic E-state index is -0.747. The topological polar surface area (TPSA) is 55.5 Å². The molecular weight excluding hydrogens is 202 g/mol. The molecule has 3 N–H and O–H groups in total. The maximum Gasteiger partial charge on any atom is 0.103 e. The van der Waals surface area contributed by atoms with Crippen molar-refractivity contribution < 1.29 is 9.84 Å². The normalized spacial score (nSPS) is 19.7. The number of unbranched alkanes of at least 4 members (excludes halogenated alkanes) is 4. The van der Waals surface area contributed by atoms with Gasteiger partial charge in [-0.25, -0.2) is 0 Å². The zero-order valence-electron chi connectivity index (χ0n) is 10.6. The number of ether oxygens (including phenoxy) is 1. The molecule has 1 atom stereocenters. The SMILES string of the molecule is CCCCCCCOCC(O)(CN)C1CC1. The highest BCUT2D eigenvalue weighted by Gasteiger charge is 2.42. The van der Waals surface area contributed by atoms with E-state index in [1.54, 1.807) is 0 Å². The standard InChI is InChI=1S/C13H27NO2/c1-2-3-4-5-6-9-16-11-13(15,10-14)12-7-8-12/h12,15H,2-11,14H2,1H3. The van der Waals surface area contributed by atoms with Gasteiger partial charge in [-0.1, -0.05) is 32.6 Å². The highest BCUT2D eigenvalue weighted by molar-refractivity contribution is 4.95. The first-order chi connectivity index (χ1) is 7.73. The molecule has 1 aliphatic carbocycles. The zero-order chi connectivity index (χ0) is 11.9. The molecule has 0 radical (unpaired) electrons. The molecular formula is C13H27NO2. The summed E-state index contributed by atoms with van der Waals surface area (Å²) in [4.78, 5) is 0. The van der Waals surface area contributed by atoms with Crippen LogP contribution in [0.25, 0.3) is 0 Å². The molecule has 0 spiro atoms. The molecule has 3 nitrogen and oxygen atoms in total. The van der Waals surface area contributed by atoms with Gasteiger partial charge in [0.05, 0.1) is 6.61 Å². The first-order valence-corrected chi connectivity index (χ1v) is 6.73. The smallest absolute Gasteiger partial charge is 0.103 e. The number of rotatable bonds is 10. The van der Waals surface area contributed by atoms with Crippen molar-refractivity contribution in [3.8, 4) is 0 Å². The van der Waals surface area contributed by atoms with Gasteiger partial charge in [0, 0.05) is 13.2 Å². The van der Waals surface area contributed by atoms with E-state index >= 15 is 0 Å². The molecule has 0 aromatic heterocycles. The number of hydrogen-bond acceptors (Lipinski definition) is 3. The van der Waals surface area contributed by atoms with Gasteiger partial charge < -0.3 is 15.6 Å². The van der Waals surface area contributed by atoms with Crippen molar-refractivity contribution >= 4 is 0 Å². The van der Waals surface area contributed by atoms with Gasteiger partial charge in [-0.3, -0.25) is 0 Å². The lowest BCUT2D eigenvalue weighted by molar-refractivity contribution is -0.0554. The quantitative estimate of drug-likeness (QED) is 0.564. The summed E-state index contributed by atoms with van der Waals surface area (Å²) < 4.78 is 5.54. The lowest BCUT2D eigenvalue weighted by atomic mass is 9.99. The molecule has 1 fully saturated rings. The fraction of sp³-hybridized carbons (Fsp3) is 1.00. The van der Waals surface area contributed by atoms with Crippen molar-refractivity contribution in [3.63, 3.8) is 0 Å². The summed E-state index contributed by atoms with van der Waals surface area (Å²) in [5.41, 5.74) is 4.85. The minimum Gasteiger partial charge on any atom is -0.386 e. The molecule has 0 aromatic rings. The van der Waals surface area contributed by atoms with Crippen LogP contribution in [0.2, 0.25) is 0 Å². The first kappa shape index (κ1) is 13.9. The molecule has 96 valence electrons. The third kappa shape index (κ3) is 4.81. The number of hydrogen-bond donors (Lipinski definition) is 2. The highest BCUT2D eigenvalue weighted by Crippen LogP contribution is 2.39. The van der Waals surface area contributed by atoms with Crippen molar-refractivity contribution in [2.45, 2.75) is 57.5 Å². The predicted octanol–water partition coefficient (Wildman–Crippen LogP) is 2.07. The van der Waals surface area contributed by atoms with E-state index in [0.717, 1.165) is 25.9 Å². The van der Waals surface area contributed by atoms with E-state index < -0.39 is 5.60 Å². The van der Waals surface area contributed by atoms with Gasteiger partial charge in [-0.2, -0.15) is 0 Å². The van der Waals surface area contributed by atoms with Gasteiger partial charge in [0.15, 0.2) is 0 Å². The first-order valence-electron chi connectivity index (χ1n) is 6.73. The summed E-state index contributed by atoms with van der Waals surface area (Å²) >= 11 is 0. The lowest BCUT2D eigenvalue weighted by Gasteiger charge is -2.26. The number of aliphatic hydroxyl groups is 1. The maximum atomic E-state index is 10.2. The molecule has 1 unspecified atom stereocenters. The fourth-order valence-electron chi connectivity index (χ4n) is 2.02. The third-order valence-corrected chi connectivity index (χ3v) is 3.43. The molecule has 16 heavy (non-hydrogen) atoms. The average molecular weight is 229 g/mol. The van der Waals surface area contributed by atoms with Gasteiger partial charge in [-0.15, -0.1) is 0 Å². The summed E-state index contributed by atoms with van der Waals surface area (Å²) in [5.74, 6) is 0.387. The van der Waals surface area contributed by atoms with E-state index in [9.17, 15) is 5.11 Å². The second-order valence-electron chi connectivity index (χ2n) is 5.05. The molecule has 0 amide bonds. The Labute approximate surface area is 99.4 Å². The monoisotopic (exact) mass is 229 g/mol. The molecule has 1 saturated carbocycles. The Hall–Kier alpha value is -0.120. The Balaban J connectivity index is 1.97. The van der Waals surface area contributed by atoms with Crippen LogP contribution < -0.4 is 5.73 Å². The largest absolute Gasteiger partial charge is 0.386 e. The Bertz CT molecular complexity index is 183. The zero-order valence-corrected chi connectivity index (χ0v) is 10.6. The van der Waals surface area contributed by atoms with Crippen molar-refractivity contribution in [1.29, 1.82) is 0 Å². The Morgan fingerprint density at radius 3 is 2.50 bits per heavy atom. The van der Waals surface area contributed by atoms with Crippen molar-refractivity contribution in [1.82, 2.24) is 0 Å². The van der Waals surface area contributed by atoms with E-state index in [2.05, 4.69) is 6.92 Å². The van der Waals surface area contributed by atoms with Gasteiger partial charge in [0.25, 0.3) is 0 Å². The average Bonchev–Trinajstić information content (AvgIpc) is 3.12. The molecule has 3 heteroatoms. The minimum absolute atomic E-state index is 0.327. The summed E-state index contributed by atoms with van der Waals surface area (Å²) in [7, 11) is 0. The van der Waals surface area contributed by atoms with Crippen LogP contribution >= 0.6 is 0 Å². The van der Waals surface area contributed by atoms with Gasteiger partial charge in [0.2, 0.25) is 0 Å². The molecule has 0 aliphatic heterocycles. The van der Waals surface area contributed by atoms with Crippen LogP contribution in [0.4, 0.5) is 0 Å². The van der Waals surface area contributed by atoms with E-state index in [0.29, 0.717) is 19.1 Å². The van der Waals surface area contributed by atoms with E-state index in [4.69, 9.17) is 10.5 Å². The Kier molecular flexibility index (Phi) is 6.32. The second kappa shape index (κ2) is 7.25. The predicted molar refractivity (Wildman–Crippen MR) is 66.3 cm³/mol. The van der Waals surface area contributed by atoms with Crippen molar-refractivity contribution in [3.05, 3.63) is 0 Å². The van der Waals surface area contributed by atoms with E-state index in [-0.39, 0.29) is 0 Å². The summed E-state index contributed by atoms with van der Waals surface area (Å²) in [6.07, 6.45) is 8.43. The maximum absolute atomic E-state index is 10.2.